The van der Waals surface area contributed by atoms with Gasteiger partial charge in [0.05, 0.1) is 0 Å². The first kappa shape index (κ1) is 31.9. The van der Waals surface area contributed by atoms with Crippen LogP contribution in [0.25, 0.3) is 0 Å². The smallest absolute Gasteiger partial charge is 0.0326 e. The summed E-state index contributed by atoms with van der Waals surface area (Å²) < 4.78 is 0. The SMILES string of the molecule is CCCCCCP(CCCCCC)CCCCCP(CCCCCC)CCCCCC. The van der Waals surface area contributed by atoms with Gasteiger partial charge in [0.1, 0.15) is 0 Å². The van der Waals surface area contributed by atoms with Gasteiger partial charge >= 0.3 is 0 Å². The molecule has 0 unspecified atom stereocenters. The van der Waals surface area contributed by atoms with Gasteiger partial charge in [0.15, 0.2) is 0 Å². The van der Waals surface area contributed by atoms with Gasteiger partial charge in [0.25, 0.3) is 0 Å². The highest BCUT2D eigenvalue weighted by Gasteiger charge is 2.10. The van der Waals surface area contributed by atoms with Crippen molar-refractivity contribution >= 4 is 15.8 Å². The molecule has 0 aromatic rings. The zero-order valence-corrected chi connectivity index (χ0v) is 24.4. The minimum absolute atomic E-state index is 0.352. The predicted molar refractivity (Wildman–Crippen MR) is 153 cm³/mol. The van der Waals surface area contributed by atoms with Crippen molar-refractivity contribution in [3.8, 4) is 0 Å². The number of rotatable bonds is 26. The summed E-state index contributed by atoms with van der Waals surface area (Å²) in [6.07, 6.45) is 37.6. The Morgan fingerprint density at radius 1 is 0.258 bits per heavy atom. The monoisotopic (exact) mass is 472 g/mol. The second-order valence-electron chi connectivity index (χ2n) is 9.99. The van der Waals surface area contributed by atoms with Gasteiger partial charge in [0, 0.05) is 0 Å². The molecule has 0 N–H and O–H groups in total. The minimum Gasteiger partial charge on any atom is -0.107 e. The molecule has 0 spiro atoms. The van der Waals surface area contributed by atoms with Gasteiger partial charge in [0.2, 0.25) is 0 Å². The Morgan fingerprint density at radius 2 is 0.452 bits per heavy atom. The molecule has 0 atom stereocenters. The Labute approximate surface area is 202 Å². The highest BCUT2D eigenvalue weighted by atomic mass is 31.1. The molecule has 0 bridgehead atoms. The van der Waals surface area contributed by atoms with E-state index < -0.39 is 0 Å². The van der Waals surface area contributed by atoms with E-state index in [9.17, 15) is 0 Å². The lowest BCUT2D eigenvalue weighted by atomic mass is 10.2. The molecule has 2 heteroatoms. The molecule has 0 saturated carbocycles. The summed E-state index contributed by atoms with van der Waals surface area (Å²) in [5, 5.41) is 0. The third-order valence-electron chi connectivity index (χ3n) is 6.76. The van der Waals surface area contributed by atoms with Crippen LogP contribution in [0.4, 0.5) is 0 Å². The van der Waals surface area contributed by atoms with E-state index in [1.807, 2.05) is 0 Å². The standard InChI is InChI=1S/C29H62P2/c1-5-9-13-18-24-30(25-19-14-10-6-2)28-22-17-23-29-31(26-20-15-11-7-3)27-21-16-12-8-4/h5-29H2,1-4H3. The maximum absolute atomic E-state index is 2.34. The van der Waals surface area contributed by atoms with Crippen LogP contribution in [0, 0.1) is 0 Å². The second-order valence-corrected chi connectivity index (χ2v) is 15.4. The molecular weight excluding hydrogens is 410 g/mol. The van der Waals surface area contributed by atoms with Crippen LogP contribution in [-0.2, 0) is 0 Å². The Morgan fingerprint density at radius 3 is 0.645 bits per heavy atom. The van der Waals surface area contributed by atoms with Crippen LogP contribution in [0.1, 0.15) is 150 Å². The quantitative estimate of drug-likeness (QED) is 0.0867. The molecule has 0 fully saturated rings. The molecule has 31 heavy (non-hydrogen) atoms. The van der Waals surface area contributed by atoms with Gasteiger partial charge in [-0.15, -0.1) is 15.8 Å². The van der Waals surface area contributed by atoms with Gasteiger partial charge in [-0.05, 0) is 75.5 Å². The maximum Gasteiger partial charge on any atom is -0.0326 e. The third kappa shape index (κ3) is 23.8. The molecule has 0 aliphatic rings. The summed E-state index contributed by atoms with van der Waals surface area (Å²) >= 11 is 0. The topological polar surface area (TPSA) is 0 Å². The summed E-state index contributed by atoms with van der Waals surface area (Å²) in [6.45, 7) is 9.37. The summed E-state index contributed by atoms with van der Waals surface area (Å²) in [4.78, 5) is 0. The van der Waals surface area contributed by atoms with Crippen LogP contribution < -0.4 is 0 Å². The van der Waals surface area contributed by atoms with Crippen molar-refractivity contribution in [1.29, 1.82) is 0 Å². The van der Waals surface area contributed by atoms with Gasteiger partial charge in [-0.1, -0.05) is 111 Å². The van der Waals surface area contributed by atoms with Crippen molar-refractivity contribution < 1.29 is 0 Å². The molecule has 0 aliphatic heterocycles. The van der Waals surface area contributed by atoms with Crippen molar-refractivity contribution in [2.45, 2.75) is 150 Å². The van der Waals surface area contributed by atoms with Gasteiger partial charge in [-0.25, -0.2) is 0 Å². The van der Waals surface area contributed by atoms with E-state index in [1.165, 1.54) is 109 Å². The molecule has 0 amide bonds. The minimum atomic E-state index is 0.352. The number of hydrogen-bond donors (Lipinski definition) is 0. The van der Waals surface area contributed by atoms with Crippen molar-refractivity contribution in [2.75, 3.05) is 37.0 Å². The number of unbranched alkanes of at least 4 members (excludes halogenated alkanes) is 14. The van der Waals surface area contributed by atoms with E-state index in [-0.39, 0.29) is 0 Å². The zero-order chi connectivity index (χ0) is 22.8. The fourth-order valence-corrected chi connectivity index (χ4v) is 9.93. The number of hydrogen-bond acceptors (Lipinski definition) is 0. The zero-order valence-electron chi connectivity index (χ0n) is 22.6. The molecule has 0 heterocycles. The highest BCUT2D eigenvalue weighted by molar-refractivity contribution is 7.57. The van der Waals surface area contributed by atoms with Crippen molar-refractivity contribution in [3.05, 3.63) is 0 Å². The van der Waals surface area contributed by atoms with Crippen molar-refractivity contribution in [2.24, 2.45) is 0 Å². The lowest BCUT2D eigenvalue weighted by Gasteiger charge is -2.20. The van der Waals surface area contributed by atoms with Gasteiger partial charge in [-0.2, -0.15) is 0 Å². The summed E-state index contributed by atoms with van der Waals surface area (Å²) in [5.74, 6) is 0. The third-order valence-corrected chi connectivity index (χ3v) is 12.5. The van der Waals surface area contributed by atoms with Gasteiger partial charge in [-0.3, -0.25) is 0 Å². The summed E-state index contributed by atoms with van der Waals surface area (Å²) in [7, 11) is 0.704. The van der Waals surface area contributed by atoms with E-state index in [1.54, 1.807) is 49.8 Å². The molecule has 188 valence electrons. The fourth-order valence-electron chi connectivity index (χ4n) is 4.57. The van der Waals surface area contributed by atoms with Crippen LogP contribution in [0.2, 0.25) is 0 Å². The molecule has 0 nitrogen and oxygen atoms in total. The molecule has 0 aromatic carbocycles. The van der Waals surface area contributed by atoms with Crippen LogP contribution in [-0.4, -0.2) is 37.0 Å². The molecule has 0 rings (SSSR count). The van der Waals surface area contributed by atoms with Crippen LogP contribution >= 0.6 is 15.8 Å². The lowest BCUT2D eigenvalue weighted by molar-refractivity contribution is 0.691. The maximum atomic E-state index is 2.34. The largest absolute Gasteiger partial charge is 0.107 e. The Bertz CT molecular complexity index is 264. The Kier molecular flexibility index (Phi) is 27.9. The second kappa shape index (κ2) is 27.1. The Balaban J connectivity index is 4.10. The first-order valence-corrected chi connectivity index (χ1v) is 18.5. The van der Waals surface area contributed by atoms with E-state index in [0.717, 1.165) is 0 Å². The molecule has 0 radical (unpaired) electrons. The fraction of sp³-hybridized carbons (Fsp3) is 1.00. The van der Waals surface area contributed by atoms with Crippen LogP contribution in [0.5, 0.6) is 0 Å². The normalized spacial score (nSPS) is 11.8. The van der Waals surface area contributed by atoms with Crippen LogP contribution in [0.3, 0.4) is 0 Å². The van der Waals surface area contributed by atoms with E-state index >= 15 is 0 Å². The summed E-state index contributed by atoms with van der Waals surface area (Å²) in [5.41, 5.74) is 0. The molecule has 0 saturated heterocycles. The first-order chi connectivity index (χ1) is 15.3. The molecule has 0 aliphatic carbocycles. The van der Waals surface area contributed by atoms with Crippen LogP contribution in [0.15, 0.2) is 0 Å². The lowest BCUT2D eigenvalue weighted by Crippen LogP contribution is -1.99. The summed E-state index contributed by atoms with van der Waals surface area (Å²) in [6, 6.07) is 0. The van der Waals surface area contributed by atoms with Gasteiger partial charge < -0.3 is 0 Å². The first-order valence-electron chi connectivity index (χ1n) is 14.7. The molecule has 0 aromatic heterocycles. The highest BCUT2D eigenvalue weighted by Crippen LogP contribution is 2.41. The van der Waals surface area contributed by atoms with E-state index in [2.05, 4.69) is 27.7 Å². The molecular formula is C29H62P2. The van der Waals surface area contributed by atoms with Crippen molar-refractivity contribution in [3.63, 3.8) is 0 Å². The van der Waals surface area contributed by atoms with E-state index in [0.29, 0.717) is 15.8 Å². The van der Waals surface area contributed by atoms with E-state index in [4.69, 9.17) is 0 Å². The predicted octanol–water partition coefficient (Wildman–Crippen LogP) is 11.4. The van der Waals surface area contributed by atoms with Crippen molar-refractivity contribution in [1.82, 2.24) is 0 Å². The average Bonchev–Trinajstić information content (AvgIpc) is 2.78. The Hall–Kier alpha value is 0.860. The average molecular weight is 473 g/mol.